The molecule has 3 rings (SSSR count). The molecule has 0 aromatic rings. The van der Waals surface area contributed by atoms with Crippen molar-refractivity contribution in [3.05, 3.63) is 0 Å². The average molecular weight is 370 g/mol. The summed E-state index contributed by atoms with van der Waals surface area (Å²) in [7, 11) is 0. The number of urea groups is 1. The number of hydroxylamine groups is 3. The number of rotatable bonds is 8. The van der Waals surface area contributed by atoms with Crippen LogP contribution in [-0.2, 0) is 24.0 Å². The Kier molecular flexibility index (Phi) is 6.28. The number of piperidine rings is 1. The van der Waals surface area contributed by atoms with Crippen LogP contribution in [0.15, 0.2) is 0 Å². The minimum absolute atomic E-state index is 0.162. The van der Waals surface area contributed by atoms with Crippen molar-refractivity contribution in [3.8, 4) is 0 Å². The predicted molar refractivity (Wildman–Crippen MR) is 88.5 cm³/mol. The molecule has 0 radical (unpaired) electrons. The number of carbonyl (C=O) groups excluding carboxylic acids is 3. The molecule has 0 aromatic carbocycles. The van der Waals surface area contributed by atoms with Crippen molar-refractivity contribution in [3.63, 3.8) is 0 Å². The van der Waals surface area contributed by atoms with Gasteiger partial charge in [0.25, 0.3) is 5.91 Å². The van der Waals surface area contributed by atoms with Gasteiger partial charge in [-0.25, -0.2) is 15.1 Å². The fourth-order valence-corrected chi connectivity index (χ4v) is 3.58. The summed E-state index contributed by atoms with van der Waals surface area (Å²) in [5, 5.41) is 4.47. The van der Waals surface area contributed by atoms with E-state index in [0.29, 0.717) is 26.0 Å². The lowest BCUT2D eigenvalue weighted by Crippen LogP contribution is -2.50. The number of carbonyl (C=O) groups is 3. The van der Waals surface area contributed by atoms with E-state index in [4.69, 9.17) is 14.4 Å². The van der Waals surface area contributed by atoms with E-state index in [0.717, 1.165) is 19.4 Å². The molecule has 0 spiro atoms. The minimum atomic E-state index is -0.591. The van der Waals surface area contributed by atoms with Crippen LogP contribution in [0.2, 0.25) is 0 Å². The zero-order chi connectivity index (χ0) is 18.5. The molecule has 3 heterocycles. The van der Waals surface area contributed by atoms with Crippen molar-refractivity contribution in [2.75, 3.05) is 32.9 Å². The minimum Gasteiger partial charge on any atom is -0.464 e. The molecule has 10 nitrogen and oxygen atoms in total. The Labute approximate surface area is 152 Å². The van der Waals surface area contributed by atoms with E-state index in [1.54, 1.807) is 6.92 Å². The molecule has 3 fully saturated rings. The highest BCUT2D eigenvalue weighted by Crippen LogP contribution is 2.30. The lowest BCUT2D eigenvalue weighted by molar-refractivity contribution is -0.172. The molecule has 0 aromatic heterocycles. The molecular weight excluding hydrogens is 344 g/mol. The van der Waals surface area contributed by atoms with Crippen LogP contribution < -0.4 is 10.8 Å². The molecule has 2 bridgehead atoms. The van der Waals surface area contributed by atoms with Crippen LogP contribution in [0.5, 0.6) is 0 Å². The molecule has 3 saturated heterocycles. The Bertz CT molecular complexity index is 539. The number of esters is 1. The van der Waals surface area contributed by atoms with Crippen LogP contribution in [0.3, 0.4) is 0 Å². The molecule has 3 aliphatic rings. The second-order valence-corrected chi connectivity index (χ2v) is 6.66. The first-order valence-corrected chi connectivity index (χ1v) is 9.13. The molecule has 2 N–H and O–H groups in total. The molecule has 146 valence electrons. The summed E-state index contributed by atoms with van der Waals surface area (Å²) in [5.74, 6) is -0.859. The van der Waals surface area contributed by atoms with Gasteiger partial charge in [-0.05, 0) is 39.2 Å². The van der Waals surface area contributed by atoms with Crippen molar-refractivity contribution in [1.29, 1.82) is 0 Å². The second-order valence-electron chi connectivity index (χ2n) is 6.66. The summed E-state index contributed by atoms with van der Waals surface area (Å²) in [6, 6.07) is -0.906. The van der Waals surface area contributed by atoms with Crippen molar-refractivity contribution < 1.29 is 28.8 Å². The summed E-state index contributed by atoms with van der Waals surface area (Å²) < 4.78 is 4.79. The van der Waals surface area contributed by atoms with Crippen LogP contribution in [0.25, 0.3) is 0 Å². The molecule has 0 aliphatic carbocycles. The maximum absolute atomic E-state index is 12.5. The van der Waals surface area contributed by atoms with Gasteiger partial charge in [-0.2, -0.15) is 5.06 Å². The van der Waals surface area contributed by atoms with Gasteiger partial charge in [0.1, 0.15) is 6.04 Å². The first-order valence-electron chi connectivity index (χ1n) is 9.13. The highest BCUT2D eigenvalue weighted by molar-refractivity contribution is 5.88. The van der Waals surface area contributed by atoms with E-state index in [1.807, 2.05) is 0 Å². The van der Waals surface area contributed by atoms with Crippen molar-refractivity contribution in [2.24, 2.45) is 0 Å². The summed E-state index contributed by atoms with van der Waals surface area (Å²) >= 11 is 0. The molecule has 0 saturated carbocycles. The smallest absolute Gasteiger partial charge is 0.345 e. The number of ether oxygens (including phenoxy) is 1. The van der Waals surface area contributed by atoms with Crippen molar-refractivity contribution >= 4 is 17.9 Å². The molecule has 3 aliphatic heterocycles. The van der Waals surface area contributed by atoms with E-state index in [2.05, 4.69) is 10.8 Å². The lowest BCUT2D eigenvalue weighted by Gasteiger charge is -2.29. The Morgan fingerprint density at radius 3 is 2.88 bits per heavy atom. The highest BCUT2D eigenvalue weighted by Gasteiger charge is 2.48. The zero-order valence-corrected chi connectivity index (χ0v) is 14.9. The zero-order valence-electron chi connectivity index (χ0n) is 14.9. The Morgan fingerprint density at radius 1 is 1.31 bits per heavy atom. The largest absolute Gasteiger partial charge is 0.464 e. The monoisotopic (exact) mass is 370 g/mol. The first-order chi connectivity index (χ1) is 12.6. The third-order valence-electron chi connectivity index (χ3n) is 4.87. The molecule has 3 atom stereocenters. The molecule has 26 heavy (non-hydrogen) atoms. The fraction of sp³-hybridized carbons (Fsp3) is 0.812. The quantitative estimate of drug-likeness (QED) is 0.440. The van der Waals surface area contributed by atoms with Gasteiger partial charge in [0.05, 0.1) is 19.3 Å². The third-order valence-corrected chi connectivity index (χ3v) is 4.87. The second kappa shape index (κ2) is 8.65. The Hall–Kier alpha value is -1.91. The summed E-state index contributed by atoms with van der Waals surface area (Å²) in [6.07, 6.45) is 3.27. The number of nitrogens with zero attached hydrogens (tertiary/aromatic N) is 2. The van der Waals surface area contributed by atoms with Crippen molar-refractivity contribution in [1.82, 2.24) is 20.8 Å². The lowest BCUT2D eigenvalue weighted by atomic mass is 10.0. The van der Waals surface area contributed by atoms with Gasteiger partial charge in [-0.1, -0.05) is 0 Å². The van der Waals surface area contributed by atoms with Crippen LogP contribution in [-0.4, -0.2) is 78.9 Å². The van der Waals surface area contributed by atoms with Gasteiger partial charge < -0.3 is 15.0 Å². The maximum Gasteiger partial charge on any atom is 0.345 e. The van der Waals surface area contributed by atoms with Gasteiger partial charge in [-0.3, -0.25) is 14.5 Å². The highest BCUT2D eigenvalue weighted by atomic mass is 16.7. The first kappa shape index (κ1) is 18.9. The summed E-state index contributed by atoms with van der Waals surface area (Å²) in [6.45, 7) is 3.40. The number of nitrogens with one attached hydrogen (secondary N) is 2. The Morgan fingerprint density at radius 2 is 2.15 bits per heavy atom. The SMILES string of the molecule is CCOC(=O)CON1C(=O)N2CC1CCC2C(=O)NOC[C@H]1CCCN1. The van der Waals surface area contributed by atoms with Crippen LogP contribution in [0, 0.1) is 0 Å². The van der Waals surface area contributed by atoms with Gasteiger partial charge >= 0.3 is 12.0 Å². The van der Waals surface area contributed by atoms with E-state index in [9.17, 15) is 14.4 Å². The van der Waals surface area contributed by atoms with Crippen LogP contribution >= 0.6 is 0 Å². The van der Waals surface area contributed by atoms with E-state index < -0.39 is 18.0 Å². The van der Waals surface area contributed by atoms with Crippen LogP contribution in [0.4, 0.5) is 4.79 Å². The fourth-order valence-electron chi connectivity index (χ4n) is 3.58. The normalized spacial score (nSPS) is 27.7. The van der Waals surface area contributed by atoms with Gasteiger partial charge in [0.15, 0.2) is 6.61 Å². The molecular formula is C16H26N4O6. The van der Waals surface area contributed by atoms with E-state index >= 15 is 0 Å². The molecule has 3 amide bonds. The number of fused-ring (bicyclic) bond motifs is 2. The Balaban J connectivity index is 1.47. The molecule has 2 unspecified atom stereocenters. The third kappa shape index (κ3) is 4.25. The van der Waals surface area contributed by atoms with Gasteiger partial charge in [0.2, 0.25) is 0 Å². The maximum atomic E-state index is 12.5. The predicted octanol–water partition coefficient (Wildman–Crippen LogP) is -0.450. The van der Waals surface area contributed by atoms with Gasteiger partial charge in [-0.15, -0.1) is 0 Å². The topological polar surface area (TPSA) is 109 Å². The number of hydrogen-bond acceptors (Lipinski definition) is 7. The number of hydrogen-bond donors (Lipinski definition) is 2. The number of amides is 3. The standard InChI is InChI=1S/C16H26N4O6/c1-2-24-14(21)10-26-20-12-5-6-13(19(8-12)16(20)23)15(22)18-25-9-11-4-3-7-17-11/h11-13,17H,2-10H2,1H3,(H,18,22)/t11-,12?,13?/m1/s1. The summed E-state index contributed by atoms with van der Waals surface area (Å²) in [4.78, 5) is 48.4. The van der Waals surface area contributed by atoms with E-state index in [-0.39, 0.29) is 31.2 Å². The van der Waals surface area contributed by atoms with E-state index in [1.165, 1.54) is 9.96 Å². The van der Waals surface area contributed by atoms with Gasteiger partial charge in [0, 0.05) is 12.6 Å². The van der Waals surface area contributed by atoms with Crippen molar-refractivity contribution in [2.45, 2.75) is 50.7 Å². The molecule has 10 heteroatoms. The average Bonchev–Trinajstić information content (AvgIpc) is 3.22. The summed E-state index contributed by atoms with van der Waals surface area (Å²) in [5.41, 5.74) is 2.46. The van der Waals surface area contributed by atoms with Crippen LogP contribution in [0.1, 0.15) is 32.6 Å².